The minimum Gasteiger partial charge on any atom is -0.391 e. The number of aliphatic hydroxyl groups is 2. The predicted octanol–water partition coefficient (Wildman–Crippen LogP) is 0.187. The summed E-state index contributed by atoms with van der Waals surface area (Å²) in [7, 11) is 0. The summed E-state index contributed by atoms with van der Waals surface area (Å²) in [4.78, 5) is 6.50. The van der Waals surface area contributed by atoms with Crippen molar-refractivity contribution in [2.24, 2.45) is 10.9 Å². The fourth-order valence-electron chi connectivity index (χ4n) is 2.92. The summed E-state index contributed by atoms with van der Waals surface area (Å²) in [6.45, 7) is 0.118. The van der Waals surface area contributed by atoms with E-state index < -0.39 is 12.5 Å². The summed E-state index contributed by atoms with van der Waals surface area (Å²) >= 11 is 1.20. The van der Waals surface area contributed by atoms with Gasteiger partial charge in [0.2, 0.25) is 5.84 Å². The maximum atomic E-state index is 13.6. The largest absolute Gasteiger partial charge is 0.391 e. The van der Waals surface area contributed by atoms with Crippen molar-refractivity contribution in [2.75, 3.05) is 12.3 Å². The number of hydrogen-bond acceptors (Lipinski definition) is 10. The molecule has 26 heavy (non-hydrogen) atoms. The number of oxime groups is 1. The first-order valence-electron chi connectivity index (χ1n) is 7.91. The SMILES string of the molecule is NCC(O)CSc1nonc1C1=NOC(O)N1[C@H]1Cc2ccc(F)cc21. The second-order valence-corrected chi connectivity index (χ2v) is 6.94. The smallest absolute Gasteiger partial charge is 0.308 e. The van der Waals surface area contributed by atoms with Crippen LogP contribution in [0.25, 0.3) is 0 Å². The number of rotatable bonds is 6. The Morgan fingerprint density at radius 3 is 3.08 bits per heavy atom. The first-order valence-corrected chi connectivity index (χ1v) is 8.89. The highest BCUT2D eigenvalue weighted by Crippen LogP contribution is 2.41. The van der Waals surface area contributed by atoms with Gasteiger partial charge in [-0.15, -0.1) is 0 Å². The molecule has 9 nitrogen and oxygen atoms in total. The number of hydrogen-bond donors (Lipinski definition) is 3. The highest BCUT2D eigenvalue weighted by Gasteiger charge is 2.43. The molecule has 1 aliphatic heterocycles. The second-order valence-electron chi connectivity index (χ2n) is 5.94. The Balaban J connectivity index is 1.59. The van der Waals surface area contributed by atoms with E-state index in [1.165, 1.54) is 28.8 Å². The lowest BCUT2D eigenvalue weighted by Crippen LogP contribution is -2.44. The van der Waals surface area contributed by atoms with Crippen LogP contribution in [-0.2, 0) is 11.3 Å². The average Bonchev–Trinajstić information content (AvgIpc) is 3.22. The van der Waals surface area contributed by atoms with Crippen molar-refractivity contribution in [2.45, 2.75) is 30.0 Å². The van der Waals surface area contributed by atoms with Crippen molar-refractivity contribution in [3.63, 3.8) is 0 Å². The second kappa shape index (κ2) is 6.83. The molecule has 0 radical (unpaired) electrons. The molecule has 138 valence electrons. The van der Waals surface area contributed by atoms with Gasteiger partial charge in [-0.25, -0.2) is 9.02 Å². The van der Waals surface area contributed by atoms with Gasteiger partial charge in [0.25, 0.3) is 0 Å². The molecule has 2 heterocycles. The van der Waals surface area contributed by atoms with Crippen LogP contribution < -0.4 is 5.73 Å². The Hall–Kier alpha value is -2.21. The molecule has 2 unspecified atom stereocenters. The molecule has 4 rings (SSSR count). The molecule has 0 saturated heterocycles. The molecule has 11 heteroatoms. The summed E-state index contributed by atoms with van der Waals surface area (Å²) < 4.78 is 18.4. The van der Waals surface area contributed by atoms with Gasteiger partial charge in [0.05, 0.1) is 12.1 Å². The van der Waals surface area contributed by atoms with Gasteiger partial charge in [0, 0.05) is 12.3 Å². The van der Waals surface area contributed by atoms with Gasteiger partial charge >= 0.3 is 6.41 Å². The van der Waals surface area contributed by atoms with Crippen LogP contribution in [0.1, 0.15) is 22.9 Å². The van der Waals surface area contributed by atoms with Gasteiger partial charge in [0.15, 0.2) is 10.7 Å². The summed E-state index contributed by atoms with van der Waals surface area (Å²) in [5.41, 5.74) is 7.42. The maximum absolute atomic E-state index is 13.6. The summed E-state index contributed by atoms with van der Waals surface area (Å²) in [6, 6.07) is 4.25. The molecule has 0 spiro atoms. The highest BCUT2D eigenvalue weighted by atomic mass is 32.2. The minimum atomic E-state index is -1.32. The number of nitrogens with zero attached hydrogens (tertiary/aromatic N) is 4. The summed E-state index contributed by atoms with van der Waals surface area (Å²) in [5, 5.41) is 31.7. The number of halogens is 1. The molecule has 3 atom stereocenters. The van der Waals surface area contributed by atoms with Crippen LogP contribution in [0.3, 0.4) is 0 Å². The van der Waals surface area contributed by atoms with Crippen LogP contribution >= 0.6 is 11.8 Å². The van der Waals surface area contributed by atoms with E-state index in [1.807, 2.05) is 0 Å². The van der Waals surface area contributed by atoms with Gasteiger partial charge < -0.3 is 20.8 Å². The monoisotopic (exact) mass is 381 g/mol. The zero-order valence-electron chi connectivity index (χ0n) is 13.4. The van der Waals surface area contributed by atoms with Crippen LogP contribution in [0, 0.1) is 5.82 Å². The van der Waals surface area contributed by atoms with E-state index in [0.717, 1.165) is 11.1 Å². The van der Waals surface area contributed by atoms with E-state index in [1.54, 1.807) is 6.07 Å². The minimum absolute atomic E-state index is 0.118. The molecule has 1 aromatic carbocycles. The van der Waals surface area contributed by atoms with E-state index in [-0.39, 0.29) is 29.9 Å². The lowest BCUT2D eigenvalue weighted by atomic mass is 9.82. The third-order valence-corrected chi connectivity index (χ3v) is 5.38. The zero-order valence-corrected chi connectivity index (χ0v) is 14.3. The Labute approximate surface area is 151 Å². The lowest BCUT2D eigenvalue weighted by Gasteiger charge is -2.38. The number of fused-ring (bicyclic) bond motifs is 1. The molecule has 0 amide bonds. The van der Waals surface area contributed by atoms with Crippen molar-refractivity contribution < 1.29 is 24.1 Å². The average molecular weight is 381 g/mol. The molecular formula is C15H16FN5O4S. The van der Waals surface area contributed by atoms with Gasteiger partial charge in [-0.1, -0.05) is 23.0 Å². The molecule has 2 aliphatic rings. The van der Waals surface area contributed by atoms with E-state index in [9.17, 15) is 14.6 Å². The standard InChI is InChI=1S/C15H16FN5O4S/c16-8-2-1-7-3-11(10(7)4-8)21-13(19-24-15(21)23)12-14(20-25-18-12)26-6-9(22)5-17/h1-2,4,9,11,15,22-23H,3,5-6,17H2/t9?,11-,15?/m0/s1. The van der Waals surface area contributed by atoms with Crippen molar-refractivity contribution in [1.29, 1.82) is 0 Å². The predicted molar refractivity (Wildman–Crippen MR) is 88.4 cm³/mol. The van der Waals surface area contributed by atoms with Crippen molar-refractivity contribution >= 4 is 17.6 Å². The molecule has 4 N–H and O–H groups in total. The lowest BCUT2D eigenvalue weighted by molar-refractivity contribution is -0.158. The normalized spacial score (nSPS) is 22.5. The Morgan fingerprint density at radius 1 is 1.42 bits per heavy atom. The summed E-state index contributed by atoms with van der Waals surface area (Å²) in [5.74, 6) is 0.186. The van der Waals surface area contributed by atoms with Gasteiger partial charge in [-0.2, -0.15) is 0 Å². The molecular weight excluding hydrogens is 365 g/mol. The van der Waals surface area contributed by atoms with Crippen molar-refractivity contribution in [1.82, 2.24) is 15.2 Å². The quantitative estimate of drug-likeness (QED) is 0.600. The number of amidine groups is 1. The Bertz CT molecular complexity index is 847. The zero-order chi connectivity index (χ0) is 18.3. The maximum Gasteiger partial charge on any atom is 0.308 e. The molecule has 0 fully saturated rings. The number of nitrogens with two attached hydrogens (primary N) is 1. The van der Waals surface area contributed by atoms with Crippen molar-refractivity contribution in [3.8, 4) is 0 Å². The summed E-state index contributed by atoms with van der Waals surface area (Å²) in [6.07, 6.45) is -1.42. The van der Waals surface area contributed by atoms with E-state index in [2.05, 4.69) is 15.5 Å². The van der Waals surface area contributed by atoms with Crippen LogP contribution in [0.5, 0.6) is 0 Å². The van der Waals surface area contributed by atoms with E-state index in [0.29, 0.717) is 17.2 Å². The van der Waals surface area contributed by atoms with Crippen LogP contribution in [0.2, 0.25) is 0 Å². The first-order chi connectivity index (χ1) is 12.6. The van der Waals surface area contributed by atoms with Crippen molar-refractivity contribution in [3.05, 3.63) is 40.8 Å². The number of thioether (sulfide) groups is 1. The molecule has 0 bridgehead atoms. The number of aromatic nitrogens is 2. The van der Waals surface area contributed by atoms with Gasteiger partial charge in [-0.3, -0.25) is 4.90 Å². The molecule has 0 saturated carbocycles. The molecule has 1 aliphatic carbocycles. The number of aliphatic hydroxyl groups excluding tert-OH is 2. The molecule has 1 aromatic heterocycles. The fraction of sp³-hybridized carbons (Fsp3) is 0.400. The Morgan fingerprint density at radius 2 is 2.27 bits per heavy atom. The topological polar surface area (TPSA) is 130 Å². The van der Waals surface area contributed by atoms with E-state index in [4.69, 9.17) is 15.2 Å². The van der Waals surface area contributed by atoms with Gasteiger partial charge in [-0.05, 0) is 40.0 Å². The third kappa shape index (κ3) is 2.92. The first kappa shape index (κ1) is 17.2. The fourth-order valence-corrected chi connectivity index (χ4v) is 3.76. The van der Waals surface area contributed by atoms with E-state index >= 15 is 0 Å². The van der Waals surface area contributed by atoms with Crippen LogP contribution in [-0.4, -0.2) is 56.1 Å². The number of benzene rings is 1. The van der Waals surface area contributed by atoms with Crippen LogP contribution in [0.15, 0.2) is 33.0 Å². The third-order valence-electron chi connectivity index (χ3n) is 4.29. The highest BCUT2D eigenvalue weighted by molar-refractivity contribution is 7.99. The Kier molecular flexibility index (Phi) is 4.53. The molecule has 2 aromatic rings. The van der Waals surface area contributed by atoms with Gasteiger partial charge in [0.1, 0.15) is 5.82 Å². The van der Waals surface area contributed by atoms with Crippen LogP contribution in [0.4, 0.5) is 4.39 Å².